The zero-order valence-corrected chi connectivity index (χ0v) is 12.3. The molecule has 1 atom stereocenters. The molecular formula is C10H20IN3O2. The quantitative estimate of drug-likeness (QED) is 0.255. The number of carbonyl (C=O) groups excluding carboxylic acids is 1. The summed E-state index contributed by atoms with van der Waals surface area (Å²) in [5.41, 5.74) is 0. The topological polar surface area (TPSA) is 62.7 Å². The van der Waals surface area contributed by atoms with Gasteiger partial charge in [0.15, 0.2) is 5.96 Å². The first-order chi connectivity index (χ1) is 7.15. The standard InChI is InChI=1S/C10H19N3O2.HI/c1-5-6-12-10(11-3)13-7-8(2)9(14)15-4;/h5,8H,1,6-7H2,2-4H3,(H2,11,12,13);1H. The zero-order valence-electron chi connectivity index (χ0n) is 9.95. The molecule has 0 aliphatic rings. The highest BCUT2D eigenvalue weighted by atomic mass is 127. The number of esters is 1. The van der Waals surface area contributed by atoms with Crippen molar-refractivity contribution in [1.82, 2.24) is 10.6 Å². The van der Waals surface area contributed by atoms with Gasteiger partial charge in [0.05, 0.1) is 13.0 Å². The van der Waals surface area contributed by atoms with E-state index in [9.17, 15) is 4.79 Å². The van der Waals surface area contributed by atoms with Crippen molar-refractivity contribution in [1.29, 1.82) is 0 Å². The van der Waals surface area contributed by atoms with Gasteiger partial charge in [-0.05, 0) is 0 Å². The summed E-state index contributed by atoms with van der Waals surface area (Å²) in [6, 6.07) is 0. The highest BCUT2D eigenvalue weighted by Crippen LogP contribution is 1.94. The second kappa shape index (κ2) is 10.7. The van der Waals surface area contributed by atoms with E-state index < -0.39 is 0 Å². The van der Waals surface area contributed by atoms with Gasteiger partial charge in [-0.25, -0.2) is 0 Å². The highest BCUT2D eigenvalue weighted by Gasteiger charge is 2.12. The second-order valence-corrected chi connectivity index (χ2v) is 3.05. The summed E-state index contributed by atoms with van der Waals surface area (Å²) in [6.07, 6.45) is 1.73. The number of aliphatic imine (C=N–C) groups is 1. The van der Waals surface area contributed by atoms with Crippen LogP contribution in [0.2, 0.25) is 0 Å². The number of nitrogens with zero attached hydrogens (tertiary/aromatic N) is 1. The van der Waals surface area contributed by atoms with E-state index in [2.05, 4.69) is 26.9 Å². The van der Waals surface area contributed by atoms with E-state index in [0.717, 1.165) is 0 Å². The van der Waals surface area contributed by atoms with Crippen molar-refractivity contribution in [3.05, 3.63) is 12.7 Å². The molecule has 0 heterocycles. The molecule has 0 radical (unpaired) electrons. The molecule has 0 bridgehead atoms. The Morgan fingerprint density at radius 2 is 2.19 bits per heavy atom. The number of hydrogen-bond acceptors (Lipinski definition) is 3. The van der Waals surface area contributed by atoms with Crippen molar-refractivity contribution in [2.24, 2.45) is 10.9 Å². The lowest BCUT2D eigenvalue weighted by atomic mass is 10.2. The number of hydrogen-bond donors (Lipinski definition) is 2. The van der Waals surface area contributed by atoms with Gasteiger partial charge < -0.3 is 15.4 Å². The smallest absolute Gasteiger partial charge is 0.310 e. The maximum atomic E-state index is 11.1. The van der Waals surface area contributed by atoms with E-state index >= 15 is 0 Å². The van der Waals surface area contributed by atoms with Crippen LogP contribution in [0.4, 0.5) is 0 Å². The van der Waals surface area contributed by atoms with Crippen molar-refractivity contribution in [3.8, 4) is 0 Å². The van der Waals surface area contributed by atoms with Crippen molar-refractivity contribution >= 4 is 35.9 Å². The van der Waals surface area contributed by atoms with Gasteiger partial charge in [-0.2, -0.15) is 0 Å². The number of rotatable bonds is 5. The average Bonchev–Trinajstić information content (AvgIpc) is 2.27. The van der Waals surface area contributed by atoms with Gasteiger partial charge in [0.2, 0.25) is 0 Å². The van der Waals surface area contributed by atoms with Crippen LogP contribution in [-0.2, 0) is 9.53 Å². The van der Waals surface area contributed by atoms with E-state index in [1.807, 2.05) is 0 Å². The molecule has 0 amide bonds. The Morgan fingerprint density at radius 1 is 1.56 bits per heavy atom. The van der Waals surface area contributed by atoms with Gasteiger partial charge in [-0.15, -0.1) is 30.6 Å². The molecule has 0 fully saturated rings. The fourth-order valence-corrected chi connectivity index (χ4v) is 0.924. The Hall–Kier alpha value is -0.790. The number of nitrogens with one attached hydrogen (secondary N) is 2. The van der Waals surface area contributed by atoms with Crippen LogP contribution in [-0.4, -0.2) is 39.2 Å². The minimum atomic E-state index is -0.235. The third-order valence-electron chi connectivity index (χ3n) is 1.82. The van der Waals surface area contributed by atoms with Crippen molar-refractivity contribution < 1.29 is 9.53 Å². The molecule has 0 aromatic rings. The molecule has 0 spiro atoms. The fourth-order valence-electron chi connectivity index (χ4n) is 0.924. The first-order valence-corrected chi connectivity index (χ1v) is 4.79. The number of guanidine groups is 1. The molecule has 0 aromatic carbocycles. The first kappa shape index (κ1) is 17.6. The van der Waals surface area contributed by atoms with Crippen molar-refractivity contribution in [2.45, 2.75) is 6.92 Å². The minimum Gasteiger partial charge on any atom is -0.469 e. The van der Waals surface area contributed by atoms with Crippen LogP contribution in [0.1, 0.15) is 6.92 Å². The summed E-state index contributed by atoms with van der Waals surface area (Å²) in [5, 5.41) is 6.01. The molecular weight excluding hydrogens is 321 g/mol. The van der Waals surface area contributed by atoms with Crippen LogP contribution < -0.4 is 10.6 Å². The van der Waals surface area contributed by atoms with Crippen molar-refractivity contribution in [3.63, 3.8) is 0 Å². The van der Waals surface area contributed by atoms with Gasteiger partial charge in [-0.3, -0.25) is 9.79 Å². The van der Waals surface area contributed by atoms with E-state index in [0.29, 0.717) is 19.0 Å². The SMILES string of the molecule is C=CCNC(=NC)NCC(C)C(=O)OC.I. The molecule has 16 heavy (non-hydrogen) atoms. The maximum Gasteiger partial charge on any atom is 0.310 e. The Labute approximate surface area is 114 Å². The Morgan fingerprint density at radius 3 is 2.62 bits per heavy atom. The molecule has 0 rings (SSSR count). The molecule has 0 saturated carbocycles. The Kier molecular flexibility index (Phi) is 11.8. The fraction of sp³-hybridized carbons (Fsp3) is 0.600. The minimum absolute atomic E-state index is 0. The maximum absolute atomic E-state index is 11.1. The van der Waals surface area contributed by atoms with Crippen LogP contribution in [0, 0.1) is 5.92 Å². The number of ether oxygens (including phenoxy) is 1. The molecule has 2 N–H and O–H groups in total. The molecule has 0 aliphatic heterocycles. The van der Waals surface area contributed by atoms with Crippen LogP contribution in [0.3, 0.4) is 0 Å². The van der Waals surface area contributed by atoms with E-state index in [-0.39, 0.29) is 35.9 Å². The average molecular weight is 341 g/mol. The number of halogens is 1. The molecule has 1 unspecified atom stereocenters. The summed E-state index contributed by atoms with van der Waals surface area (Å²) < 4.78 is 4.60. The lowest BCUT2D eigenvalue weighted by Crippen LogP contribution is -2.40. The lowest BCUT2D eigenvalue weighted by molar-refractivity contribution is -0.144. The molecule has 5 nitrogen and oxygen atoms in total. The molecule has 0 aliphatic carbocycles. The third kappa shape index (κ3) is 7.49. The Balaban J connectivity index is 0. The molecule has 0 saturated heterocycles. The normalized spacial score (nSPS) is 12.1. The zero-order chi connectivity index (χ0) is 11.7. The molecule has 6 heteroatoms. The van der Waals surface area contributed by atoms with Crippen LogP contribution >= 0.6 is 24.0 Å². The van der Waals surface area contributed by atoms with Crippen LogP contribution in [0.5, 0.6) is 0 Å². The number of methoxy groups -OCH3 is 1. The van der Waals surface area contributed by atoms with Gasteiger partial charge in [0.1, 0.15) is 0 Å². The molecule has 0 aromatic heterocycles. The summed E-state index contributed by atoms with van der Waals surface area (Å²) in [5.74, 6) is 0.213. The van der Waals surface area contributed by atoms with E-state index in [1.54, 1.807) is 20.0 Å². The summed E-state index contributed by atoms with van der Waals surface area (Å²) >= 11 is 0. The summed E-state index contributed by atoms with van der Waals surface area (Å²) in [6.45, 7) is 6.50. The van der Waals surface area contributed by atoms with Crippen molar-refractivity contribution in [2.75, 3.05) is 27.2 Å². The monoisotopic (exact) mass is 341 g/mol. The Bertz CT molecular complexity index is 244. The first-order valence-electron chi connectivity index (χ1n) is 4.79. The number of carbonyl (C=O) groups is 1. The summed E-state index contributed by atoms with van der Waals surface area (Å²) in [4.78, 5) is 15.1. The third-order valence-corrected chi connectivity index (χ3v) is 1.82. The van der Waals surface area contributed by atoms with Gasteiger partial charge >= 0.3 is 5.97 Å². The van der Waals surface area contributed by atoms with Crippen LogP contribution in [0.15, 0.2) is 17.6 Å². The van der Waals surface area contributed by atoms with Crippen LogP contribution in [0.25, 0.3) is 0 Å². The van der Waals surface area contributed by atoms with E-state index in [1.165, 1.54) is 7.11 Å². The second-order valence-electron chi connectivity index (χ2n) is 3.05. The largest absolute Gasteiger partial charge is 0.469 e. The van der Waals surface area contributed by atoms with Gasteiger partial charge in [0.25, 0.3) is 0 Å². The predicted molar refractivity (Wildman–Crippen MR) is 76.2 cm³/mol. The summed E-state index contributed by atoms with van der Waals surface area (Å²) in [7, 11) is 3.05. The lowest BCUT2D eigenvalue weighted by Gasteiger charge is -2.13. The van der Waals surface area contributed by atoms with Gasteiger partial charge in [-0.1, -0.05) is 13.0 Å². The highest BCUT2D eigenvalue weighted by molar-refractivity contribution is 14.0. The molecule has 94 valence electrons. The van der Waals surface area contributed by atoms with E-state index in [4.69, 9.17) is 0 Å². The van der Waals surface area contributed by atoms with Gasteiger partial charge in [0, 0.05) is 20.1 Å². The predicted octanol–water partition coefficient (Wildman–Crippen LogP) is 0.764.